The van der Waals surface area contributed by atoms with Crippen LogP contribution in [-0.4, -0.2) is 21.5 Å². The number of rotatable bonds is 11. The second kappa shape index (κ2) is 11.9. The van der Waals surface area contributed by atoms with Crippen LogP contribution in [0, 0.1) is 11.8 Å². The van der Waals surface area contributed by atoms with Crippen LogP contribution in [0.15, 0.2) is 36.7 Å². The molecule has 0 aliphatic heterocycles. The Hall–Kier alpha value is -2.36. The van der Waals surface area contributed by atoms with Crippen molar-refractivity contribution >= 4 is 11.6 Å². The highest BCUT2D eigenvalue weighted by Gasteiger charge is 2.32. The second-order valence-electron chi connectivity index (χ2n) is 8.99. The lowest BCUT2D eigenvalue weighted by Gasteiger charge is -2.25. The molecule has 1 saturated carbocycles. The van der Waals surface area contributed by atoms with Crippen molar-refractivity contribution in [3.05, 3.63) is 47.8 Å². The van der Waals surface area contributed by atoms with E-state index in [-0.39, 0.29) is 11.6 Å². The fourth-order valence-electron chi connectivity index (χ4n) is 4.44. The van der Waals surface area contributed by atoms with Crippen LogP contribution in [0.5, 0.6) is 0 Å². The molecule has 166 valence electrons. The molecule has 0 amide bonds. The van der Waals surface area contributed by atoms with Gasteiger partial charge >= 0.3 is 0 Å². The predicted octanol–water partition coefficient (Wildman–Crippen LogP) is 6.16. The lowest BCUT2D eigenvalue weighted by atomic mass is 9.77. The van der Waals surface area contributed by atoms with E-state index >= 15 is 0 Å². The number of ketones is 2. The van der Waals surface area contributed by atoms with Crippen LogP contribution in [0.2, 0.25) is 0 Å². The van der Waals surface area contributed by atoms with E-state index in [0.717, 1.165) is 30.4 Å². The summed E-state index contributed by atoms with van der Waals surface area (Å²) in [7, 11) is 0. The minimum Gasteiger partial charge on any atom is -0.299 e. The van der Waals surface area contributed by atoms with Crippen LogP contribution < -0.4 is 0 Å². The van der Waals surface area contributed by atoms with E-state index in [2.05, 4.69) is 23.8 Å². The second-order valence-corrected chi connectivity index (χ2v) is 8.99. The summed E-state index contributed by atoms with van der Waals surface area (Å²) in [6.07, 6.45) is 14.8. The highest BCUT2D eigenvalue weighted by atomic mass is 16.1. The van der Waals surface area contributed by atoms with Crippen molar-refractivity contribution in [1.82, 2.24) is 9.97 Å². The summed E-state index contributed by atoms with van der Waals surface area (Å²) in [5, 5.41) is 0. The first-order valence-electron chi connectivity index (χ1n) is 12.1. The summed E-state index contributed by atoms with van der Waals surface area (Å²) in [6.45, 7) is 4.35. The molecule has 1 fully saturated rings. The maximum absolute atomic E-state index is 12.7. The average Bonchev–Trinajstić information content (AvgIpc) is 2.79. The van der Waals surface area contributed by atoms with E-state index in [0.29, 0.717) is 31.0 Å². The molecule has 0 N–H and O–H groups in total. The molecular formula is C27H36N2O2. The van der Waals surface area contributed by atoms with Crippen molar-refractivity contribution in [2.24, 2.45) is 11.8 Å². The van der Waals surface area contributed by atoms with Crippen molar-refractivity contribution < 1.29 is 9.59 Å². The van der Waals surface area contributed by atoms with E-state index < -0.39 is 5.92 Å². The molecule has 4 heteroatoms. The Balaban J connectivity index is 1.51. The minimum atomic E-state index is -0.402. The van der Waals surface area contributed by atoms with Crippen molar-refractivity contribution in [1.29, 1.82) is 0 Å². The highest BCUT2D eigenvalue weighted by molar-refractivity contribution is 6.03. The van der Waals surface area contributed by atoms with Crippen LogP contribution in [-0.2, 0) is 22.4 Å². The van der Waals surface area contributed by atoms with Gasteiger partial charge in [-0.2, -0.15) is 0 Å². The number of hydrogen-bond donors (Lipinski definition) is 0. The lowest BCUT2D eigenvalue weighted by Crippen LogP contribution is -2.31. The summed E-state index contributed by atoms with van der Waals surface area (Å²) in [5.41, 5.74) is 3.08. The van der Waals surface area contributed by atoms with Gasteiger partial charge in [-0.3, -0.25) is 9.59 Å². The molecule has 0 radical (unpaired) electrons. The summed E-state index contributed by atoms with van der Waals surface area (Å²) >= 11 is 0. The Kier molecular flexibility index (Phi) is 8.93. The van der Waals surface area contributed by atoms with Crippen molar-refractivity contribution in [3.8, 4) is 11.4 Å². The fraction of sp³-hybridized carbons (Fsp3) is 0.556. The van der Waals surface area contributed by atoms with E-state index in [9.17, 15) is 9.59 Å². The third-order valence-electron chi connectivity index (χ3n) is 6.57. The zero-order valence-electron chi connectivity index (χ0n) is 19.1. The maximum Gasteiger partial charge on any atom is 0.159 e. The Morgan fingerprint density at radius 3 is 2.29 bits per heavy atom. The van der Waals surface area contributed by atoms with Gasteiger partial charge in [0.15, 0.2) is 5.82 Å². The third kappa shape index (κ3) is 6.81. The number of carbonyl (C=O) groups is 2. The molecule has 1 aromatic carbocycles. The first kappa shape index (κ1) is 23.3. The normalized spacial score (nSPS) is 18.8. The molecule has 3 rings (SSSR count). The number of unbranched alkanes of at least 4 members (excludes halogenated alkanes) is 4. The molecule has 1 heterocycles. The highest BCUT2D eigenvalue weighted by Crippen LogP contribution is 2.29. The quantitative estimate of drug-likeness (QED) is 0.322. The molecular weight excluding hydrogens is 384 g/mol. The van der Waals surface area contributed by atoms with E-state index in [4.69, 9.17) is 0 Å². The van der Waals surface area contributed by atoms with E-state index in [1.165, 1.54) is 37.7 Å². The minimum absolute atomic E-state index is 0.0619. The number of aryl methyl sites for hydroxylation is 1. The Labute approximate surface area is 186 Å². The van der Waals surface area contributed by atoms with Crippen molar-refractivity contribution in [2.75, 3.05) is 0 Å². The molecule has 0 bridgehead atoms. The Bertz CT molecular complexity index is 843. The maximum atomic E-state index is 12.7. The molecule has 4 nitrogen and oxygen atoms in total. The molecule has 31 heavy (non-hydrogen) atoms. The molecule has 0 spiro atoms. The molecule has 2 unspecified atom stereocenters. The van der Waals surface area contributed by atoms with Crippen molar-refractivity contribution in [2.45, 2.75) is 84.5 Å². The van der Waals surface area contributed by atoms with Crippen LogP contribution in [0.3, 0.4) is 0 Å². The van der Waals surface area contributed by atoms with Crippen molar-refractivity contribution in [3.63, 3.8) is 0 Å². The summed E-state index contributed by atoms with van der Waals surface area (Å²) in [4.78, 5) is 34.1. The fourth-order valence-corrected chi connectivity index (χ4v) is 4.44. The molecule has 1 aliphatic rings. The van der Waals surface area contributed by atoms with Gasteiger partial charge in [-0.15, -0.1) is 0 Å². The van der Waals surface area contributed by atoms with Gasteiger partial charge in [-0.05, 0) is 42.7 Å². The smallest absolute Gasteiger partial charge is 0.159 e. The number of aromatic nitrogens is 2. The summed E-state index contributed by atoms with van der Waals surface area (Å²) in [5.74, 6) is 0.967. The zero-order chi connectivity index (χ0) is 22.1. The number of benzene rings is 1. The van der Waals surface area contributed by atoms with Gasteiger partial charge in [0.2, 0.25) is 0 Å². The van der Waals surface area contributed by atoms with Crippen LogP contribution in [0.1, 0.15) is 82.8 Å². The van der Waals surface area contributed by atoms with Gasteiger partial charge < -0.3 is 0 Å². The number of nitrogens with zero attached hydrogens (tertiary/aromatic N) is 2. The Morgan fingerprint density at radius 2 is 1.65 bits per heavy atom. The molecule has 1 aliphatic carbocycles. The zero-order valence-corrected chi connectivity index (χ0v) is 19.1. The monoisotopic (exact) mass is 420 g/mol. The van der Waals surface area contributed by atoms with Crippen LogP contribution >= 0.6 is 0 Å². The SMILES string of the molecule is CCCCCCCc1cnc(-c2ccc(CC(=O)C3CCC(CC)CC3=O)cc2)nc1. The predicted molar refractivity (Wildman–Crippen MR) is 125 cm³/mol. The topological polar surface area (TPSA) is 59.9 Å². The van der Waals surface area contributed by atoms with E-state index in [1.54, 1.807) is 0 Å². The lowest BCUT2D eigenvalue weighted by molar-refractivity contribution is -0.135. The molecule has 2 aromatic rings. The molecule has 0 saturated heterocycles. The number of hydrogen-bond acceptors (Lipinski definition) is 4. The average molecular weight is 421 g/mol. The Morgan fingerprint density at radius 1 is 0.935 bits per heavy atom. The summed E-state index contributed by atoms with van der Waals surface area (Å²) in [6, 6.07) is 7.86. The number of Topliss-reactive ketones (excluding diaryl/α,β-unsaturated/α-hetero) is 2. The van der Waals surface area contributed by atoms with Gasteiger partial charge in [0.1, 0.15) is 11.6 Å². The van der Waals surface area contributed by atoms with Crippen LogP contribution in [0.4, 0.5) is 0 Å². The summed E-state index contributed by atoms with van der Waals surface area (Å²) < 4.78 is 0. The largest absolute Gasteiger partial charge is 0.299 e. The van der Waals surface area contributed by atoms with E-state index in [1.807, 2.05) is 36.7 Å². The standard InChI is InChI=1S/C27H36N2O2/c1-3-5-6-7-8-9-22-18-28-27(29-19-22)23-13-10-21(11-14-23)17-26(31)24-15-12-20(4-2)16-25(24)30/h10-11,13-14,18-20,24H,3-9,12,15-17H2,1-2H3. The number of carbonyl (C=O) groups excluding carboxylic acids is 2. The van der Waals surface area contributed by atoms with Gasteiger partial charge in [0.25, 0.3) is 0 Å². The van der Waals surface area contributed by atoms with Gasteiger partial charge in [0.05, 0.1) is 5.92 Å². The van der Waals surface area contributed by atoms with Gasteiger partial charge in [0, 0.05) is 30.8 Å². The third-order valence-corrected chi connectivity index (χ3v) is 6.57. The molecule has 2 atom stereocenters. The van der Waals surface area contributed by atoms with Gasteiger partial charge in [-0.1, -0.05) is 70.2 Å². The van der Waals surface area contributed by atoms with Crippen LogP contribution in [0.25, 0.3) is 11.4 Å². The van der Waals surface area contributed by atoms with Gasteiger partial charge in [-0.25, -0.2) is 9.97 Å². The molecule has 1 aromatic heterocycles. The first-order chi connectivity index (χ1) is 15.1. The first-order valence-corrected chi connectivity index (χ1v) is 12.1.